The number of halogens is 4. The van der Waals surface area contributed by atoms with Gasteiger partial charge in [-0.15, -0.1) is 24.0 Å². The predicted molar refractivity (Wildman–Crippen MR) is 121 cm³/mol. The van der Waals surface area contributed by atoms with Crippen molar-refractivity contribution in [2.75, 3.05) is 40.3 Å². The summed E-state index contributed by atoms with van der Waals surface area (Å²) in [5.74, 6) is 1.48. The molecule has 0 unspecified atom stereocenters. The summed E-state index contributed by atoms with van der Waals surface area (Å²) >= 11 is 0. The maximum Gasteiger partial charge on any atom is 0.511 e. The number of benzene rings is 1. The number of hydrogen-bond donors (Lipinski definition) is 2. The number of guanidine groups is 1. The molecule has 30 heavy (non-hydrogen) atoms. The molecule has 2 N–H and O–H groups in total. The highest BCUT2D eigenvalue weighted by atomic mass is 127. The van der Waals surface area contributed by atoms with Crippen molar-refractivity contribution < 1.29 is 26.3 Å². The number of nitrogens with one attached hydrogen (secondary N) is 2. The van der Waals surface area contributed by atoms with Gasteiger partial charge in [0.1, 0.15) is 5.75 Å². The van der Waals surface area contributed by atoms with Crippen molar-refractivity contribution in [2.45, 2.75) is 24.8 Å². The predicted octanol–water partition coefficient (Wildman–Crippen LogP) is 2.58. The molecule has 0 radical (unpaired) electrons. The van der Waals surface area contributed by atoms with Gasteiger partial charge >= 0.3 is 15.5 Å². The first-order valence-corrected chi connectivity index (χ1v) is 10.7. The van der Waals surface area contributed by atoms with Gasteiger partial charge in [-0.1, -0.05) is 12.1 Å². The third kappa shape index (κ3) is 7.45. The summed E-state index contributed by atoms with van der Waals surface area (Å²) in [5.41, 5.74) is -4.10. The van der Waals surface area contributed by atoms with Gasteiger partial charge in [-0.2, -0.15) is 17.5 Å². The Balaban J connectivity index is 0.00000450. The molecule has 0 aromatic heterocycles. The van der Waals surface area contributed by atoms with E-state index in [1.165, 1.54) is 0 Å². The van der Waals surface area contributed by atoms with Crippen LogP contribution in [0, 0.1) is 5.92 Å². The normalized spacial score (nSPS) is 16.6. The second-order valence-electron chi connectivity index (χ2n) is 6.77. The van der Waals surface area contributed by atoms with Gasteiger partial charge in [-0.25, -0.2) is 8.42 Å². The molecule has 1 aliphatic heterocycles. The Morgan fingerprint density at radius 2 is 1.80 bits per heavy atom. The fourth-order valence-electron chi connectivity index (χ4n) is 3.08. The van der Waals surface area contributed by atoms with Gasteiger partial charge < -0.3 is 15.4 Å². The van der Waals surface area contributed by atoms with Gasteiger partial charge in [-0.05, 0) is 42.9 Å². The molecule has 1 heterocycles. The number of sulfonamides is 1. The SMILES string of the molecule is CN=C(NCCc1ccc(OC)cc1)NCC1CCN(S(=O)(=O)C(F)(F)F)CC1.I. The highest BCUT2D eigenvalue weighted by molar-refractivity contribution is 14.0. The first kappa shape index (κ1) is 26.8. The standard InChI is InChI=1S/C18H27F3N4O3S.HI/c1-22-17(23-10-7-14-3-5-16(28-2)6-4-14)24-13-15-8-11-25(12-9-15)29(26,27)18(19,20)21;/h3-6,15H,7-13H2,1-2H3,(H2,22,23,24);1H. The first-order chi connectivity index (χ1) is 13.7. The van der Waals surface area contributed by atoms with E-state index in [-0.39, 0.29) is 43.0 Å². The molecule has 1 saturated heterocycles. The zero-order chi connectivity index (χ0) is 21.5. The number of methoxy groups -OCH3 is 1. The lowest BCUT2D eigenvalue weighted by Gasteiger charge is -2.31. The second-order valence-corrected chi connectivity index (χ2v) is 8.70. The average Bonchev–Trinajstić information content (AvgIpc) is 2.70. The average molecular weight is 564 g/mol. The van der Waals surface area contributed by atoms with E-state index in [4.69, 9.17) is 4.74 Å². The van der Waals surface area contributed by atoms with E-state index in [9.17, 15) is 21.6 Å². The van der Waals surface area contributed by atoms with Crippen molar-refractivity contribution in [1.82, 2.24) is 14.9 Å². The van der Waals surface area contributed by atoms with Gasteiger partial charge in [0.2, 0.25) is 0 Å². The van der Waals surface area contributed by atoms with Crippen LogP contribution in [-0.4, -0.2) is 64.5 Å². The van der Waals surface area contributed by atoms with E-state index in [1.807, 2.05) is 24.3 Å². The molecule has 0 bridgehead atoms. The second kappa shape index (κ2) is 11.9. The minimum absolute atomic E-state index is 0. The highest BCUT2D eigenvalue weighted by Gasteiger charge is 2.50. The van der Waals surface area contributed by atoms with Gasteiger partial charge in [0, 0.05) is 33.2 Å². The van der Waals surface area contributed by atoms with Crippen LogP contribution in [0.4, 0.5) is 13.2 Å². The molecule has 0 spiro atoms. The Morgan fingerprint density at radius 1 is 1.20 bits per heavy atom. The lowest BCUT2D eigenvalue weighted by molar-refractivity contribution is -0.0496. The smallest absolute Gasteiger partial charge is 0.497 e. The molecule has 1 aromatic rings. The number of hydrogen-bond acceptors (Lipinski definition) is 4. The number of rotatable bonds is 7. The maximum atomic E-state index is 12.6. The van der Waals surface area contributed by atoms with Crippen LogP contribution < -0.4 is 15.4 Å². The summed E-state index contributed by atoms with van der Waals surface area (Å²) in [6, 6.07) is 7.76. The van der Waals surface area contributed by atoms with Crippen molar-refractivity contribution >= 4 is 40.0 Å². The van der Waals surface area contributed by atoms with Gasteiger partial charge in [0.15, 0.2) is 5.96 Å². The molecule has 1 aromatic carbocycles. The zero-order valence-corrected chi connectivity index (χ0v) is 20.1. The molecule has 2 rings (SSSR count). The summed E-state index contributed by atoms with van der Waals surface area (Å²) < 4.78 is 66.4. The lowest BCUT2D eigenvalue weighted by Crippen LogP contribution is -2.47. The van der Waals surface area contributed by atoms with Crippen molar-refractivity contribution in [3.8, 4) is 5.75 Å². The number of ether oxygens (including phenoxy) is 1. The molecular weight excluding hydrogens is 536 g/mol. The van der Waals surface area contributed by atoms with E-state index >= 15 is 0 Å². The lowest BCUT2D eigenvalue weighted by atomic mass is 9.98. The van der Waals surface area contributed by atoms with Crippen LogP contribution in [0.25, 0.3) is 0 Å². The topological polar surface area (TPSA) is 83.0 Å². The zero-order valence-electron chi connectivity index (χ0n) is 16.9. The Kier molecular flexibility index (Phi) is 10.6. The van der Waals surface area contributed by atoms with Crippen molar-refractivity contribution in [3.05, 3.63) is 29.8 Å². The van der Waals surface area contributed by atoms with Crippen molar-refractivity contribution in [2.24, 2.45) is 10.9 Å². The summed E-state index contributed by atoms with van der Waals surface area (Å²) in [5, 5.41) is 6.35. The van der Waals surface area contributed by atoms with Crippen LogP contribution in [0.1, 0.15) is 18.4 Å². The summed E-state index contributed by atoms with van der Waals surface area (Å²) in [6.45, 7) is 0.922. The molecule has 1 aliphatic rings. The quantitative estimate of drug-likeness (QED) is 0.303. The molecule has 0 amide bonds. The Morgan fingerprint density at radius 3 is 2.30 bits per heavy atom. The monoisotopic (exact) mass is 564 g/mol. The van der Waals surface area contributed by atoms with Crippen LogP contribution >= 0.6 is 24.0 Å². The fraction of sp³-hybridized carbons (Fsp3) is 0.611. The molecule has 7 nitrogen and oxygen atoms in total. The van der Waals surface area contributed by atoms with E-state index in [0.717, 1.165) is 17.7 Å². The Bertz CT molecular complexity index is 781. The number of alkyl halides is 3. The van der Waals surface area contributed by atoms with E-state index in [2.05, 4.69) is 15.6 Å². The molecule has 0 aliphatic carbocycles. The fourth-order valence-corrected chi connectivity index (χ4v) is 4.06. The van der Waals surface area contributed by atoms with E-state index in [1.54, 1.807) is 14.2 Å². The molecule has 172 valence electrons. The molecular formula is C18H28F3IN4O3S. The van der Waals surface area contributed by atoms with Crippen molar-refractivity contribution in [1.29, 1.82) is 0 Å². The number of aliphatic imine (C=N–C) groups is 1. The van der Waals surface area contributed by atoms with E-state index in [0.29, 0.717) is 36.2 Å². The largest absolute Gasteiger partial charge is 0.511 e. The van der Waals surface area contributed by atoms with Gasteiger partial charge in [-0.3, -0.25) is 4.99 Å². The molecule has 1 fully saturated rings. The molecule has 0 saturated carbocycles. The summed E-state index contributed by atoms with van der Waals surface area (Å²) in [4.78, 5) is 4.14. The number of piperidine rings is 1. The van der Waals surface area contributed by atoms with Crippen LogP contribution in [0.2, 0.25) is 0 Å². The van der Waals surface area contributed by atoms with Crippen LogP contribution in [0.5, 0.6) is 5.75 Å². The highest BCUT2D eigenvalue weighted by Crippen LogP contribution is 2.30. The van der Waals surface area contributed by atoms with Crippen LogP contribution in [-0.2, 0) is 16.4 Å². The molecule has 12 heteroatoms. The Labute approximate surface area is 192 Å². The van der Waals surface area contributed by atoms with E-state index < -0.39 is 15.5 Å². The van der Waals surface area contributed by atoms with Crippen molar-refractivity contribution in [3.63, 3.8) is 0 Å². The summed E-state index contributed by atoms with van der Waals surface area (Å²) in [7, 11) is -1.98. The third-order valence-electron chi connectivity index (χ3n) is 4.85. The van der Waals surface area contributed by atoms with Gasteiger partial charge in [0.25, 0.3) is 0 Å². The minimum atomic E-state index is -5.24. The minimum Gasteiger partial charge on any atom is -0.497 e. The Hall–Kier alpha value is -1.28. The van der Waals surface area contributed by atoms with Crippen LogP contribution in [0.3, 0.4) is 0 Å². The third-order valence-corrected chi connectivity index (χ3v) is 6.48. The maximum absolute atomic E-state index is 12.6. The molecule has 0 atom stereocenters. The van der Waals surface area contributed by atoms with Gasteiger partial charge in [0.05, 0.1) is 7.11 Å². The number of nitrogens with zero attached hydrogens (tertiary/aromatic N) is 2. The first-order valence-electron chi connectivity index (χ1n) is 9.31. The van der Waals surface area contributed by atoms with Crippen LogP contribution in [0.15, 0.2) is 29.3 Å². The summed E-state index contributed by atoms with van der Waals surface area (Å²) in [6.07, 6.45) is 1.52.